The Hall–Kier alpha value is -0.900. The van der Waals surface area contributed by atoms with E-state index in [9.17, 15) is 9.59 Å². The molecular weight excluding hydrogens is 194 g/mol. The van der Waals surface area contributed by atoms with Gasteiger partial charge in [-0.05, 0) is 13.3 Å². The summed E-state index contributed by atoms with van der Waals surface area (Å²) in [5.41, 5.74) is 0. The Labute approximate surface area is 90.6 Å². The summed E-state index contributed by atoms with van der Waals surface area (Å²) < 4.78 is 5.36. The maximum Gasteiger partial charge on any atom is 0.248 e. The molecule has 1 rings (SSSR count). The molecule has 1 fully saturated rings. The molecular formula is C11H19NO3. The lowest BCUT2D eigenvalue weighted by molar-refractivity contribution is -0.140. The van der Waals surface area contributed by atoms with Crippen molar-refractivity contribution in [3.8, 4) is 0 Å². The topological polar surface area (TPSA) is 46.6 Å². The second-order valence-corrected chi connectivity index (χ2v) is 3.95. The van der Waals surface area contributed by atoms with Crippen LogP contribution >= 0.6 is 0 Å². The van der Waals surface area contributed by atoms with Crippen molar-refractivity contribution >= 4 is 11.7 Å². The second-order valence-electron chi connectivity index (χ2n) is 3.95. The summed E-state index contributed by atoms with van der Waals surface area (Å²) in [5, 5.41) is 0. The molecule has 1 unspecified atom stereocenters. The number of rotatable bonds is 4. The molecule has 0 aromatic carbocycles. The first-order chi connectivity index (χ1) is 7.13. The maximum absolute atomic E-state index is 11.6. The molecule has 4 nitrogen and oxygen atoms in total. The van der Waals surface area contributed by atoms with Gasteiger partial charge >= 0.3 is 0 Å². The summed E-state index contributed by atoms with van der Waals surface area (Å²) >= 11 is 0. The van der Waals surface area contributed by atoms with Gasteiger partial charge in [-0.1, -0.05) is 6.92 Å². The molecule has 0 aromatic rings. The number of amides is 1. The van der Waals surface area contributed by atoms with Gasteiger partial charge in [0.1, 0.15) is 12.4 Å². The van der Waals surface area contributed by atoms with Crippen molar-refractivity contribution in [2.45, 2.75) is 39.2 Å². The molecule has 0 radical (unpaired) electrons. The van der Waals surface area contributed by atoms with Gasteiger partial charge in [0.15, 0.2) is 0 Å². The lowest BCUT2D eigenvalue weighted by Gasteiger charge is -2.26. The fourth-order valence-corrected chi connectivity index (χ4v) is 1.43. The van der Waals surface area contributed by atoms with Crippen LogP contribution in [0.1, 0.15) is 33.1 Å². The van der Waals surface area contributed by atoms with Crippen LogP contribution in [0.15, 0.2) is 0 Å². The Morgan fingerprint density at radius 3 is 2.60 bits per heavy atom. The summed E-state index contributed by atoms with van der Waals surface area (Å²) in [6, 6.07) is 0. The molecule has 1 aliphatic heterocycles. The first-order valence-electron chi connectivity index (χ1n) is 5.54. The van der Waals surface area contributed by atoms with Crippen molar-refractivity contribution in [2.75, 3.05) is 19.7 Å². The molecule has 0 aliphatic carbocycles. The average Bonchev–Trinajstić information content (AvgIpc) is 2.26. The molecule has 86 valence electrons. The Morgan fingerprint density at radius 2 is 2.07 bits per heavy atom. The fraction of sp³-hybridized carbons (Fsp3) is 0.818. The van der Waals surface area contributed by atoms with E-state index in [4.69, 9.17) is 4.74 Å². The summed E-state index contributed by atoms with van der Waals surface area (Å²) in [6.07, 6.45) is 2.02. The van der Waals surface area contributed by atoms with Crippen molar-refractivity contribution in [2.24, 2.45) is 0 Å². The van der Waals surface area contributed by atoms with Crippen LogP contribution in [0.2, 0.25) is 0 Å². The highest BCUT2D eigenvalue weighted by Crippen LogP contribution is 2.06. The standard InChI is InChI=1S/C11H19NO3/c1-3-9(2)15-8-11(14)12-6-4-10(13)5-7-12/h9H,3-8H2,1-2H3. The van der Waals surface area contributed by atoms with Gasteiger partial charge in [-0.3, -0.25) is 9.59 Å². The molecule has 1 heterocycles. The Bertz CT molecular complexity index is 230. The van der Waals surface area contributed by atoms with Crippen molar-refractivity contribution in [1.29, 1.82) is 0 Å². The Morgan fingerprint density at radius 1 is 1.47 bits per heavy atom. The van der Waals surface area contributed by atoms with Crippen LogP contribution in [0.4, 0.5) is 0 Å². The minimum atomic E-state index is 0.00259. The number of Topliss-reactive ketones (excluding diaryl/α,β-unsaturated/α-hetero) is 1. The quantitative estimate of drug-likeness (QED) is 0.699. The number of hydrogen-bond acceptors (Lipinski definition) is 3. The van der Waals surface area contributed by atoms with Crippen molar-refractivity contribution < 1.29 is 14.3 Å². The van der Waals surface area contributed by atoms with E-state index in [0.29, 0.717) is 25.9 Å². The first kappa shape index (κ1) is 12.2. The van der Waals surface area contributed by atoms with Crippen LogP contribution in [-0.4, -0.2) is 42.4 Å². The number of carbonyl (C=O) groups is 2. The second kappa shape index (κ2) is 5.85. The van der Waals surface area contributed by atoms with Gasteiger partial charge < -0.3 is 9.64 Å². The summed E-state index contributed by atoms with van der Waals surface area (Å²) in [6.45, 7) is 5.23. The molecule has 15 heavy (non-hydrogen) atoms. The zero-order chi connectivity index (χ0) is 11.3. The molecule has 1 saturated heterocycles. The Kier molecular flexibility index (Phi) is 4.75. The van der Waals surface area contributed by atoms with E-state index in [2.05, 4.69) is 0 Å². The molecule has 4 heteroatoms. The third kappa shape index (κ3) is 4.00. The molecule has 1 aliphatic rings. The summed E-state index contributed by atoms with van der Waals surface area (Å²) in [5.74, 6) is 0.254. The number of hydrogen-bond donors (Lipinski definition) is 0. The van der Waals surface area contributed by atoms with Crippen LogP contribution in [0, 0.1) is 0 Å². The number of ketones is 1. The van der Waals surface area contributed by atoms with Crippen LogP contribution in [-0.2, 0) is 14.3 Å². The predicted octanol–water partition coefficient (Wildman–Crippen LogP) is 0.993. The highest BCUT2D eigenvalue weighted by Gasteiger charge is 2.20. The van der Waals surface area contributed by atoms with E-state index in [0.717, 1.165) is 6.42 Å². The van der Waals surface area contributed by atoms with Gasteiger partial charge in [-0.2, -0.15) is 0 Å². The van der Waals surface area contributed by atoms with E-state index >= 15 is 0 Å². The fourth-order valence-electron chi connectivity index (χ4n) is 1.43. The van der Waals surface area contributed by atoms with Crippen molar-refractivity contribution in [3.05, 3.63) is 0 Å². The molecule has 0 N–H and O–H groups in total. The molecule has 0 saturated carbocycles. The van der Waals surface area contributed by atoms with Crippen molar-refractivity contribution in [1.82, 2.24) is 4.90 Å². The molecule has 0 spiro atoms. The van der Waals surface area contributed by atoms with Gasteiger partial charge in [-0.15, -0.1) is 0 Å². The van der Waals surface area contributed by atoms with E-state index in [1.807, 2.05) is 13.8 Å². The van der Waals surface area contributed by atoms with Crippen molar-refractivity contribution in [3.63, 3.8) is 0 Å². The largest absolute Gasteiger partial charge is 0.369 e. The van der Waals surface area contributed by atoms with Gasteiger partial charge in [0.25, 0.3) is 0 Å². The monoisotopic (exact) mass is 213 g/mol. The minimum Gasteiger partial charge on any atom is -0.369 e. The molecule has 1 amide bonds. The van der Waals surface area contributed by atoms with Gasteiger partial charge in [0.05, 0.1) is 6.10 Å². The number of piperidine rings is 1. The number of ether oxygens (including phenoxy) is 1. The highest BCUT2D eigenvalue weighted by atomic mass is 16.5. The molecule has 0 bridgehead atoms. The van der Waals surface area contributed by atoms with Gasteiger partial charge in [-0.25, -0.2) is 0 Å². The van der Waals surface area contributed by atoms with E-state index in [1.165, 1.54) is 0 Å². The smallest absolute Gasteiger partial charge is 0.248 e. The molecule has 1 atom stereocenters. The van der Waals surface area contributed by atoms with Crippen LogP contribution in [0.25, 0.3) is 0 Å². The normalized spacial score (nSPS) is 19.1. The van der Waals surface area contributed by atoms with E-state index < -0.39 is 0 Å². The SMILES string of the molecule is CCC(C)OCC(=O)N1CCC(=O)CC1. The lowest BCUT2D eigenvalue weighted by atomic mass is 10.1. The lowest BCUT2D eigenvalue weighted by Crippen LogP contribution is -2.41. The third-order valence-corrected chi connectivity index (χ3v) is 2.74. The molecule has 0 aromatic heterocycles. The summed E-state index contributed by atoms with van der Waals surface area (Å²) in [7, 11) is 0. The number of carbonyl (C=O) groups excluding carboxylic acids is 2. The van der Waals surface area contributed by atoms with Gasteiger partial charge in [0, 0.05) is 25.9 Å². The highest BCUT2D eigenvalue weighted by molar-refractivity contribution is 5.83. The number of likely N-dealkylation sites (tertiary alicyclic amines) is 1. The third-order valence-electron chi connectivity index (χ3n) is 2.74. The minimum absolute atomic E-state index is 0.00259. The first-order valence-corrected chi connectivity index (χ1v) is 5.54. The van der Waals surface area contributed by atoms with Crippen LogP contribution < -0.4 is 0 Å². The van der Waals surface area contributed by atoms with E-state index in [1.54, 1.807) is 4.90 Å². The van der Waals surface area contributed by atoms with Crippen LogP contribution in [0.3, 0.4) is 0 Å². The number of nitrogens with zero attached hydrogens (tertiary/aromatic N) is 1. The van der Waals surface area contributed by atoms with Crippen LogP contribution in [0.5, 0.6) is 0 Å². The zero-order valence-electron chi connectivity index (χ0n) is 9.49. The predicted molar refractivity (Wildman–Crippen MR) is 56.5 cm³/mol. The Balaban J connectivity index is 2.25. The van der Waals surface area contributed by atoms with Gasteiger partial charge in [0.2, 0.25) is 5.91 Å². The summed E-state index contributed by atoms with van der Waals surface area (Å²) in [4.78, 5) is 24.3. The van der Waals surface area contributed by atoms with E-state index in [-0.39, 0.29) is 24.4 Å². The average molecular weight is 213 g/mol. The maximum atomic E-state index is 11.6. The zero-order valence-corrected chi connectivity index (χ0v) is 9.49.